The van der Waals surface area contributed by atoms with Crippen LogP contribution >= 0.6 is 0 Å². The van der Waals surface area contributed by atoms with Gasteiger partial charge in [-0.15, -0.1) is 0 Å². The van der Waals surface area contributed by atoms with Gasteiger partial charge in [-0.25, -0.2) is 0 Å². The Morgan fingerprint density at radius 1 is 1.42 bits per heavy atom. The first-order chi connectivity index (χ1) is 5.51. The zero-order valence-electron chi connectivity index (χ0n) is 8.76. The van der Waals surface area contributed by atoms with Gasteiger partial charge in [0.05, 0.1) is 11.7 Å². The third-order valence-electron chi connectivity index (χ3n) is 2.20. The van der Waals surface area contributed by atoms with Gasteiger partial charge in [0, 0.05) is 13.1 Å². The van der Waals surface area contributed by atoms with E-state index in [1.165, 1.54) is 13.0 Å². The van der Waals surface area contributed by atoms with Crippen molar-refractivity contribution in [1.82, 2.24) is 4.90 Å². The highest BCUT2D eigenvalue weighted by molar-refractivity contribution is 4.77. The zero-order valence-corrected chi connectivity index (χ0v) is 8.76. The van der Waals surface area contributed by atoms with Crippen LogP contribution in [0.2, 0.25) is 0 Å². The van der Waals surface area contributed by atoms with Gasteiger partial charge in [0.1, 0.15) is 0 Å². The molecule has 0 radical (unpaired) electrons. The Morgan fingerprint density at radius 2 is 2.08 bits per heavy atom. The minimum absolute atomic E-state index is 0.0222. The molecule has 1 saturated heterocycles. The number of ether oxygens (including phenoxy) is 1. The van der Waals surface area contributed by atoms with Crippen molar-refractivity contribution in [2.45, 2.75) is 45.8 Å². The van der Waals surface area contributed by atoms with Crippen LogP contribution in [0, 0.1) is 0 Å². The van der Waals surface area contributed by atoms with Crippen LogP contribution in [0.1, 0.15) is 34.1 Å². The lowest BCUT2D eigenvalue weighted by Crippen LogP contribution is -2.30. The van der Waals surface area contributed by atoms with Crippen LogP contribution in [0.4, 0.5) is 0 Å². The van der Waals surface area contributed by atoms with E-state index in [1.807, 2.05) is 0 Å². The molecule has 1 atom stereocenters. The molecular formula is C10H21NO. The monoisotopic (exact) mass is 171 g/mol. The van der Waals surface area contributed by atoms with E-state index in [9.17, 15) is 0 Å². The SMILES string of the molecule is CCN1CC[C@H](OC(C)(C)C)C1. The lowest BCUT2D eigenvalue weighted by atomic mass is 10.2. The predicted molar refractivity (Wildman–Crippen MR) is 51.4 cm³/mol. The van der Waals surface area contributed by atoms with Crippen molar-refractivity contribution in [2.24, 2.45) is 0 Å². The molecule has 0 aromatic heterocycles. The molecule has 0 aliphatic carbocycles. The molecule has 0 spiro atoms. The smallest absolute Gasteiger partial charge is 0.0721 e. The first kappa shape index (κ1) is 10.0. The van der Waals surface area contributed by atoms with Crippen molar-refractivity contribution in [1.29, 1.82) is 0 Å². The van der Waals surface area contributed by atoms with Crippen LogP contribution in [0.3, 0.4) is 0 Å². The Balaban J connectivity index is 2.28. The van der Waals surface area contributed by atoms with Crippen molar-refractivity contribution in [3.63, 3.8) is 0 Å². The normalized spacial score (nSPS) is 26.5. The first-order valence-electron chi connectivity index (χ1n) is 4.91. The number of hydrogen-bond donors (Lipinski definition) is 0. The van der Waals surface area contributed by atoms with Crippen molar-refractivity contribution in [3.05, 3.63) is 0 Å². The summed E-state index contributed by atoms with van der Waals surface area (Å²) in [5, 5.41) is 0. The van der Waals surface area contributed by atoms with Crippen molar-refractivity contribution < 1.29 is 4.74 Å². The summed E-state index contributed by atoms with van der Waals surface area (Å²) in [6.45, 7) is 12.1. The molecule has 72 valence electrons. The zero-order chi connectivity index (χ0) is 9.19. The summed E-state index contributed by atoms with van der Waals surface area (Å²) in [4.78, 5) is 2.44. The lowest BCUT2D eigenvalue weighted by molar-refractivity contribution is -0.0537. The highest BCUT2D eigenvalue weighted by Crippen LogP contribution is 2.18. The third-order valence-corrected chi connectivity index (χ3v) is 2.20. The number of likely N-dealkylation sites (tertiary alicyclic amines) is 1. The third kappa shape index (κ3) is 3.11. The molecule has 0 N–H and O–H groups in total. The molecular weight excluding hydrogens is 150 g/mol. The molecule has 2 heteroatoms. The molecule has 0 aromatic carbocycles. The summed E-state index contributed by atoms with van der Waals surface area (Å²) in [5.41, 5.74) is 0.0222. The van der Waals surface area contributed by atoms with Gasteiger partial charge in [-0.1, -0.05) is 6.92 Å². The van der Waals surface area contributed by atoms with Crippen LogP contribution in [-0.4, -0.2) is 36.2 Å². The average molecular weight is 171 g/mol. The quantitative estimate of drug-likeness (QED) is 0.629. The minimum Gasteiger partial charge on any atom is -0.371 e. The second kappa shape index (κ2) is 3.75. The molecule has 0 aromatic rings. The largest absolute Gasteiger partial charge is 0.371 e. The van der Waals surface area contributed by atoms with E-state index in [1.54, 1.807) is 0 Å². The van der Waals surface area contributed by atoms with E-state index in [0.717, 1.165) is 13.1 Å². The fraction of sp³-hybridized carbons (Fsp3) is 1.00. The molecule has 1 fully saturated rings. The Hall–Kier alpha value is -0.0800. The maximum atomic E-state index is 5.89. The van der Waals surface area contributed by atoms with Crippen molar-refractivity contribution in [2.75, 3.05) is 19.6 Å². The van der Waals surface area contributed by atoms with Crippen molar-refractivity contribution >= 4 is 0 Å². The maximum Gasteiger partial charge on any atom is 0.0721 e. The van der Waals surface area contributed by atoms with E-state index in [-0.39, 0.29) is 5.60 Å². The molecule has 1 heterocycles. The number of rotatable bonds is 2. The summed E-state index contributed by atoms with van der Waals surface area (Å²) in [6.07, 6.45) is 1.66. The molecule has 0 amide bonds. The van der Waals surface area contributed by atoms with Crippen LogP contribution in [0.25, 0.3) is 0 Å². The van der Waals surface area contributed by atoms with E-state index < -0.39 is 0 Å². The van der Waals surface area contributed by atoms with Crippen molar-refractivity contribution in [3.8, 4) is 0 Å². The van der Waals surface area contributed by atoms with E-state index >= 15 is 0 Å². The van der Waals surface area contributed by atoms with Crippen LogP contribution in [0.5, 0.6) is 0 Å². The van der Waals surface area contributed by atoms with E-state index in [4.69, 9.17) is 4.74 Å². The van der Waals surface area contributed by atoms with Gasteiger partial charge < -0.3 is 9.64 Å². The standard InChI is InChI=1S/C10H21NO/c1-5-11-7-6-9(8-11)12-10(2,3)4/h9H,5-8H2,1-4H3/t9-/m0/s1. The van der Waals surface area contributed by atoms with Crippen LogP contribution in [0.15, 0.2) is 0 Å². The highest BCUT2D eigenvalue weighted by Gasteiger charge is 2.25. The van der Waals surface area contributed by atoms with Crippen LogP contribution < -0.4 is 0 Å². The van der Waals surface area contributed by atoms with Crippen LogP contribution in [-0.2, 0) is 4.74 Å². The second-order valence-electron chi connectivity index (χ2n) is 4.53. The minimum atomic E-state index is 0.0222. The number of nitrogens with zero attached hydrogens (tertiary/aromatic N) is 1. The Bertz CT molecular complexity index is 139. The van der Waals surface area contributed by atoms with Gasteiger partial charge >= 0.3 is 0 Å². The summed E-state index contributed by atoms with van der Waals surface area (Å²) < 4.78 is 5.89. The van der Waals surface area contributed by atoms with Gasteiger partial charge in [0.25, 0.3) is 0 Å². The fourth-order valence-electron chi connectivity index (χ4n) is 1.68. The molecule has 0 unspecified atom stereocenters. The van der Waals surface area contributed by atoms with E-state index in [2.05, 4.69) is 32.6 Å². The maximum absolute atomic E-state index is 5.89. The molecule has 1 aliphatic rings. The molecule has 1 rings (SSSR count). The van der Waals surface area contributed by atoms with Gasteiger partial charge in [-0.05, 0) is 33.7 Å². The topological polar surface area (TPSA) is 12.5 Å². The Morgan fingerprint density at radius 3 is 2.50 bits per heavy atom. The Labute approximate surface area is 75.9 Å². The summed E-state index contributed by atoms with van der Waals surface area (Å²) in [6, 6.07) is 0. The fourth-order valence-corrected chi connectivity index (χ4v) is 1.68. The first-order valence-corrected chi connectivity index (χ1v) is 4.91. The second-order valence-corrected chi connectivity index (χ2v) is 4.53. The Kier molecular flexibility index (Phi) is 3.13. The van der Waals surface area contributed by atoms with Gasteiger partial charge in [0.15, 0.2) is 0 Å². The molecule has 2 nitrogen and oxygen atoms in total. The van der Waals surface area contributed by atoms with E-state index in [0.29, 0.717) is 6.10 Å². The molecule has 0 saturated carbocycles. The predicted octanol–water partition coefficient (Wildman–Crippen LogP) is 1.90. The lowest BCUT2D eigenvalue weighted by Gasteiger charge is -2.24. The van der Waals surface area contributed by atoms with Gasteiger partial charge in [0.2, 0.25) is 0 Å². The number of hydrogen-bond acceptors (Lipinski definition) is 2. The average Bonchev–Trinajstić information content (AvgIpc) is 2.32. The summed E-state index contributed by atoms with van der Waals surface area (Å²) in [7, 11) is 0. The summed E-state index contributed by atoms with van der Waals surface area (Å²) >= 11 is 0. The molecule has 0 bridgehead atoms. The summed E-state index contributed by atoms with van der Waals surface area (Å²) in [5.74, 6) is 0. The van der Waals surface area contributed by atoms with Gasteiger partial charge in [-0.3, -0.25) is 0 Å². The molecule has 1 aliphatic heterocycles. The molecule has 12 heavy (non-hydrogen) atoms. The van der Waals surface area contributed by atoms with Gasteiger partial charge in [-0.2, -0.15) is 0 Å². The highest BCUT2D eigenvalue weighted by atomic mass is 16.5. The number of likely N-dealkylation sites (N-methyl/N-ethyl adjacent to an activating group) is 1.